The second-order valence-corrected chi connectivity index (χ2v) is 9.54. The van der Waals surface area contributed by atoms with Crippen molar-refractivity contribution in [2.75, 3.05) is 20.0 Å². The lowest BCUT2D eigenvalue weighted by molar-refractivity contribution is -0.129. The number of carbonyl (C=O) groups is 2. The summed E-state index contributed by atoms with van der Waals surface area (Å²) in [6, 6.07) is 25.2. The van der Waals surface area contributed by atoms with Crippen LogP contribution in [0.25, 0.3) is 0 Å². The van der Waals surface area contributed by atoms with Gasteiger partial charge >= 0.3 is 0 Å². The highest BCUT2D eigenvalue weighted by Crippen LogP contribution is 2.28. The predicted molar refractivity (Wildman–Crippen MR) is 155 cm³/mol. The number of hydrogen-bond acceptors (Lipinski definition) is 6. The molecule has 40 heavy (non-hydrogen) atoms. The number of rotatable bonds is 11. The van der Waals surface area contributed by atoms with Gasteiger partial charge in [0.05, 0.1) is 20.1 Å². The maximum atomic E-state index is 13.9. The summed E-state index contributed by atoms with van der Waals surface area (Å²) in [4.78, 5) is 31.5. The van der Waals surface area contributed by atoms with Gasteiger partial charge in [-0.05, 0) is 59.5 Å². The molecule has 8 heteroatoms. The van der Waals surface area contributed by atoms with Gasteiger partial charge in [-0.15, -0.1) is 0 Å². The maximum absolute atomic E-state index is 13.9. The van der Waals surface area contributed by atoms with Crippen molar-refractivity contribution in [3.63, 3.8) is 0 Å². The fourth-order valence-corrected chi connectivity index (χ4v) is 4.36. The molecule has 4 rings (SSSR count). The molecule has 0 radical (unpaired) electrons. The number of aromatic nitrogens is 1. The minimum Gasteiger partial charge on any atom is -0.497 e. The molecule has 1 unspecified atom stereocenters. The Morgan fingerprint density at radius 3 is 1.82 bits per heavy atom. The Kier molecular flexibility index (Phi) is 9.35. The van der Waals surface area contributed by atoms with Gasteiger partial charge in [0, 0.05) is 19.2 Å². The van der Waals surface area contributed by atoms with Gasteiger partial charge in [-0.2, -0.15) is 0 Å². The summed E-state index contributed by atoms with van der Waals surface area (Å²) in [6.45, 7) is 2.35. The monoisotopic (exact) mass is 538 g/mol. The van der Waals surface area contributed by atoms with Crippen LogP contribution in [0.2, 0.25) is 0 Å². The Hall–Kier alpha value is -4.85. The van der Waals surface area contributed by atoms with Gasteiger partial charge in [-0.1, -0.05) is 60.2 Å². The van der Waals surface area contributed by atoms with E-state index in [9.17, 15) is 9.59 Å². The molecule has 1 heterocycles. The summed E-state index contributed by atoms with van der Waals surface area (Å²) < 4.78 is 10.6. The zero-order valence-corrected chi connectivity index (χ0v) is 22.9. The van der Waals surface area contributed by atoms with Crippen LogP contribution in [0.15, 0.2) is 91.1 Å². The Balaban J connectivity index is 1.61. The first kappa shape index (κ1) is 28.2. The molecule has 0 spiro atoms. The first-order chi connectivity index (χ1) is 19.4. The molecule has 1 aromatic heterocycles. The second-order valence-electron chi connectivity index (χ2n) is 9.54. The number of benzene rings is 3. The number of aryl methyl sites for hydroxylation is 1. The Labute approximate surface area is 234 Å². The number of pyridine rings is 1. The van der Waals surface area contributed by atoms with E-state index < -0.39 is 12.0 Å². The molecule has 3 aromatic carbocycles. The van der Waals surface area contributed by atoms with Gasteiger partial charge in [-0.3, -0.25) is 9.59 Å². The van der Waals surface area contributed by atoms with E-state index in [4.69, 9.17) is 15.2 Å². The van der Waals surface area contributed by atoms with Crippen LogP contribution in [0.4, 0.5) is 5.82 Å². The van der Waals surface area contributed by atoms with Gasteiger partial charge in [0.15, 0.2) is 0 Å². The molecule has 2 amide bonds. The summed E-state index contributed by atoms with van der Waals surface area (Å²) in [6.07, 6.45) is 1.86. The molecular weight excluding hydrogens is 504 g/mol. The summed E-state index contributed by atoms with van der Waals surface area (Å²) in [5.41, 5.74) is 10.2. The largest absolute Gasteiger partial charge is 0.497 e. The van der Waals surface area contributed by atoms with Crippen LogP contribution >= 0.6 is 0 Å². The predicted octanol–water partition coefficient (Wildman–Crippen LogP) is 4.17. The van der Waals surface area contributed by atoms with Gasteiger partial charge in [-0.25, -0.2) is 4.98 Å². The van der Waals surface area contributed by atoms with Crippen LogP contribution in [-0.2, 0) is 22.6 Å². The van der Waals surface area contributed by atoms with E-state index in [0.717, 1.165) is 27.8 Å². The highest BCUT2D eigenvalue weighted by atomic mass is 16.5. The van der Waals surface area contributed by atoms with Crippen molar-refractivity contribution in [3.8, 4) is 11.5 Å². The molecule has 1 atom stereocenters. The number of hydrogen-bond donors (Lipinski definition) is 3. The highest BCUT2D eigenvalue weighted by Gasteiger charge is 2.28. The third-order valence-electron chi connectivity index (χ3n) is 6.67. The number of nitrogen functional groups attached to an aromatic ring is 1. The lowest BCUT2D eigenvalue weighted by Gasteiger charge is -2.23. The van der Waals surface area contributed by atoms with E-state index >= 15 is 0 Å². The summed E-state index contributed by atoms with van der Waals surface area (Å²) >= 11 is 0. The van der Waals surface area contributed by atoms with E-state index in [1.807, 2.05) is 79.7 Å². The fraction of sp³-hybridized carbons (Fsp3) is 0.219. The summed E-state index contributed by atoms with van der Waals surface area (Å²) in [7, 11) is 3.18. The van der Waals surface area contributed by atoms with E-state index in [1.54, 1.807) is 32.5 Å². The highest BCUT2D eigenvalue weighted by molar-refractivity contribution is 5.92. The molecule has 206 valence electrons. The average Bonchev–Trinajstić information content (AvgIpc) is 2.98. The summed E-state index contributed by atoms with van der Waals surface area (Å²) in [5, 5.41) is 5.98. The number of ether oxygens (including phenoxy) is 2. The van der Waals surface area contributed by atoms with Crippen molar-refractivity contribution >= 4 is 17.6 Å². The summed E-state index contributed by atoms with van der Waals surface area (Å²) in [5.74, 6) is 0.466. The van der Waals surface area contributed by atoms with E-state index in [-0.39, 0.29) is 18.2 Å². The fourth-order valence-electron chi connectivity index (χ4n) is 4.36. The van der Waals surface area contributed by atoms with Crippen molar-refractivity contribution in [3.05, 3.63) is 119 Å². The normalized spacial score (nSPS) is 11.5. The Bertz CT molecular complexity index is 1360. The van der Waals surface area contributed by atoms with Crippen molar-refractivity contribution in [1.29, 1.82) is 0 Å². The molecule has 0 aliphatic carbocycles. The average molecular weight is 539 g/mol. The number of nitrogens with two attached hydrogens (primary N) is 1. The SMILES string of the molecule is COc1ccc(C(C(=O)NC(Cc2ccc(N)nc2)C(=O)NCc2ccc(C)cc2)c2ccc(OC)cc2)cc1. The molecule has 0 bridgehead atoms. The van der Waals surface area contributed by atoms with Crippen LogP contribution in [0.1, 0.15) is 33.7 Å². The standard InChI is InChI=1S/C32H34N4O4/c1-21-4-6-22(7-5-21)19-35-31(37)28(18-23-8-17-29(33)34-20-23)36-32(38)30(24-9-13-26(39-2)14-10-24)25-11-15-27(40-3)16-12-25/h4-17,20,28,30H,18-19H2,1-3H3,(H2,33,34)(H,35,37)(H,36,38). The number of anilines is 1. The number of methoxy groups -OCH3 is 2. The van der Waals surface area contributed by atoms with Crippen molar-refractivity contribution in [1.82, 2.24) is 15.6 Å². The van der Waals surface area contributed by atoms with Gasteiger partial charge in [0.2, 0.25) is 11.8 Å². The number of nitrogens with zero attached hydrogens (tertiary/aromatic N) is 1. The molecule has 0 fully saturated rings. The van der Waals surface area contributed by atoms with E-state index in [2.05, 4.69) is 15.6 Å². The molecular formula is C32H34N4O4. The molecule has 0 saturated heterocycles. The lowest BCUT2D eigenvalue weighted by atomic mass is 9.89. The van der Waals surface area contributed by atoms with Crippen LogP contribution in [-0.4, -0.2) is 37.1 Å². The van der Waals surface area contributed by atoms with Gasteiger partial charge in [0.1, 0.15) is 23.4 Å². The molecule has 4 N–H and O–H groups in total. The molecule has 0 saturated carbocycles. The van der Waals surface area contributed by atoms with Crippen molar-refractivity contribution in [2.24, 2.45) is 0 Å². The van der Waals surface area contributed by atoms with Gasteiger partial charge in [0.25, 0.3) is 0 Å². The number of amides is 2. The Morgan fingerprint density at radius 1 is 0.775 bits per heavy atom. The quantitative estimate of drug-likeness (QED) is 0.264. The van der Waals surface area contributed by atoms with Crippen molar-refractivity contribution in [2.45, 2.75) is 31.8 Å². The van der Waals surface area contributed by atoms with Gasteiger partial charge < -0.3 is 25.8 Å². The number of nitrogens with one attached hydrogen (secondary N) is 2. The smallest absolute Gasteiger partial charge is 0.243 e. The molecule has 8 nitrogen and oxygen atoms in total. The minimum absolute atomic E-state index is 0.247. The topological polar surface area (TPSA) is 116 Å². The molecule has 0 aliphatic heterocycles. The first-order valence-electron chi connectivity index (χ1n) is 13.0. The van der Waals surface area contributed by atoms with Crippen molar-refractivity contribution < 1.29 is 19.1 Å². The lowest BCUT2D eigenvalue weighted by Crippen LogP contribution is -2.49. The molecule has 0 aliphatic rings. The third kappa shape index (κ3) is 7.38. The van der Waals surface area contributed by atoms with Crippen LogP contribution in [0.5, 0.6) is 11.5 Å². The Morgan fingerprint density at radius 2 is 1.32 bits per heavy atom. The zero-order valence-electron chi connectivity index (χ0n) is 22.9. The van der Waals surface area contributed by atoms with Crippen LogP contribution in [0.3, 0.4) is 0 Å². The van der Waals surface area contributed by atoms with Crippen LogP contribution < -0.4 is 25.8 Å². The first-order valence-corrected chi connectivity index (χ1v) is 13.0. The van der Waals surface area contributed by atoms with Crippen LogP contribution in [0, 0.1) is 6.92 Å². The second kappa shape index (κ2) is 13.3. The molecule has 4 aromatic rings. The minimum atomic E-state index is -0.845. The third-order valence-corrected chi connectivity index (χ3v) is 6.67. The zero-order chi connectivity index (χ0) is 28.5. The van der Waals surface area contributed by atoms with E-state index in [1.165, 1.54) is 0 Å². The van der Waals surface area contributed by atoms with E-state index in [0.29, 0.717) is 23.9 Å². The number of carbonyl (C=O) groups excluding carboxylic acids is 2. The maximum Gasteiger partial charge on any atom is 0.243 e.